The quantitative estimate of drug-likeness (QED) is 0.780. The number of carbonyl (C=O) groups is 1. The molecule has 1 heterocycles. The zero-order chi connectivity index (χ0) is 12.1. The van der Waals surface area contributed by atoms with Crippen LogP contribution >= 0.6 is 0 Å². The van der Waals surface area contributed by atoms with E-state index in [2.05, 4.69) is 6.07 Å². The van der Waals surface area contributed by atoms with E-state index in [4.69, 9.17) is 5.26 Å². The summed E-state index contributed by atoms with van der Waals surface area (Å²) in [6.07, 6.45) is 3.85. The van der Waals surface area contributed by atoms with Gasteiger partial charge in [-0.1, -0.05) is 12.1 Å². The van der Waals surface area contributed by atoms with Gasteiger partial charge in [0.05, 0.1) is 12.5 Å². The van der Waals surface area contributed by atoms with Gasteiger partial charge in [-0.05, 0) is 37.0 Å². The lowest BCUT2D eigenvalue weighted by Crippen LogP contribution is -2.35. The number of amides is 1. The van der Waals surface area contributed by atoms with Crippen molar-refractivity contribution in [3.63, 3.8) is 0 Å². The fourth-order valence-corrected chi connectivity index (χ4v) is 2.14. The van der Waals surface area contributed by atoms with Crippen LogP contribution in [0, 0.1) is 11.3 Å². The minimum absolute atomic E-state index is 0.119. The Morgan fingerprint density at radius 2 is 1.82 bits per heavy atom. The van der Waals surface area contributed by atoms with Crippen molar-refractivity contribution >= 4 is 5.91 Å². The molecule has 1 aliphatic rings. The van der Waals surface area contributed by atoms with E-state index < -0.39 is 0 Å². The van der Waals surface area contributed by atoms with Crippen LogP contribution in [0.2, 0.25) is 0 Å². The van der Waals surface area contributed by atoms with Crippen molar-refractivity contribution in [1.29, 1.82) is 5.26 Å². The highest BCUT2D eigenvalue weighted by Gasteiger charge is 2.17. The standard InChI is InChI=1S/C14H16N2O/c15-9-8-12-4-6-13(7-5-12)14(17)16-10-2-1-3-11-16/h4-7H,1-3,8,10-11H2. The van der Waals surface area contributed by atoms with Gasteiger partial charge in [-0.25, -0.2) is 0 Å². The Balaban J connectivity index is 2.06. The van der Waals surface area contributed by atoms with Crippen LogP contribution in [0.1, 0.15) is 35.2 Å². The number of hydrogen-bond donors (Lipinski definition) is 0. The first-order chi connectivity index (χ1) is 8.31. The second kappa shape index (κ2) is 5.49. The Kier molecular flexibility index (Phi) is 3.77. The highest BCUT2D eigenvalue weighted by molar-refractivity contribution is 5.94. The maximum Gasteiger partial charge on any atom is 0.253 e. The third kappa shape index (κ3) is 2.85. The monoisotopic (exact) mass is 228 g/mol. The number of likely N-dealkylation sites (tertiary alicyclic amines) is 1. The maximum atomic E-state index is 12.1. The van der Waals surface area contributed by atoms with Crippen molar-refractivity contribution in [3.8, 4) is 6.07 Å². The molecule has 1 saturated heterocycles. The van der Waals surface area contributed by atoms with Crippen molar-refractivity contribution < 1.29 is 4.79 Å². The van der Waals surface area contributed by atoms with Crippen molar-refractivity contribution in [2.75, 3.05) is 13.1 Å². The molecule has 2 rings (SSSR count). The number of benzene rings is 1. The molecule has 0 atom stereocenters. The molecule has 1 aromatic rings. The number of carbonyl (C=O) groups excluding carboxylic acids is 1. The molecule has 1 aliphatic heterocycles. The number of rotatable bonds is 2. The summed E-state index contributed by atoms with van der Waals surface area (Å²) in [5.74, 6) is 0.119. The summed E-state index contributed by atoms with van der Waals surface area (Å²) in [4.78, 5) is 14.0. The van der Waals surface area contributed by atoms with E-state index in [-0.39, 0.29) is 5.91 Å². The van der Waals surface area contributed by atoms with Crippen LogP contribution in [0.3, 0.4) is 0 Å². The summed E-state index contributed by atoms with van der Waals surface area (Å²) >= 11 is 0. The van der Waals surface area contributed by atoms with Gasteiger partial charge in [0.2, 0.25) is 0 Å². The molecular formula is C14H16N2O. The Morgan fingerprint density at radius 1 is 1.18 bits per heavy atom. The summed E-state index contributed by atoms with van der Waals surface area (Å²) in [5, 5.41) is 8.58. The van der Waals surface area contributed by atoms with Crippen LogP contribution in [0.25, 0.3) is 0 Å². The molecule has 0 radical (unpaired) electrons. The van der Waals surface area contributed by atoms with Gasteiger partial charge >= 0.3 is 0 Å². The lowest BCUT2D eigenvalue weighted by atomic mass is 10.1. The summed E-state index contributed by atoms with van der Waals surface area (Å²) < 4.78 is 0. The van der Waals surface area contributed by atoms with E-state index in [9.17, 15) is 4.79 Å². The van der Waals surface area contributed by atoms with Crippen molar-refractivity contribution in [1.82, 2.24) is 4.90 Å². The topological polar surface area (TPSA) is 44.1 Å². The van der Waals surface area contributed by atoms with Crippen molar-refractivity contribution in [2.45, 2.75) is 25.7 Å². The first-order valence-electron chi connectivity index (χ1n) is 6.06. The third-order valence-corrected chi connectivity index (χ3v) is 3.13. The molecule has 0 spiro atoms. The van der Waals surface area contributed by atoms with Crippen LogP contribution in [-0.4, -0.2) is 23.9 Å². The average molecular weight is 228 g/mol. The molecule has 17 heavy (non-hydrogen) atoms. The molecule has 0 aliphatic carbocycles. The number of nitriles is 1. The lowest BCUT2D eigenvalue weighted by Gasteiger charge is -2.26. The number of hydrogen-bond acceptors (Lipinski definition) is 2. The van der Waals surface area contributed by atoms with E-state index in [0.29, 0.717) is 6.42 Å². The molecule has 1 fully saturated rings. The molecular weight excluding hydrogens is 212 g/mol. The highest BCUT2D eigenvalue weighted by Crippen LogP contribution is 2.13. The molecule has 1 aromatic carbocycles. The Bertz CT molecular complexity index is 425. The summed E-state index contributed by atoms with van der Waals surface area (Å²) in [5.41, 5.74) is 1.69. The fraction of sp³-hybridized carbons (Fsp3) is 0.429. The van der Waals surface area contributed by atoms with Gasteiger partial charge in [0.15, 0.2) is 0 Å². The van der Waals surface area contributed by atoms with Gasteiger partial charge < -0.3 is 4.90 Å². The van der Waals surface area contributed by atoms with Crippen molar-refractivity contribution in [3.05, 3.63) is 35.4 Å². The molecule has 3 heteroatoms. The second-order valence-electron chi connectivity index (χ2n) is 4.38. The van der Waals surface area contributed by atoms with Gasteiger partial charge in [-0.15, -0.1) is 0 Å². The molecule has 1 amide bonds. The Hall–Kier alpha value is -1.82. The predicted molar refractivity (Wildman–Crippen MR) is 65.5 cm³/mol. The zero-order valence-electron chi connectivity index (χ0n) is 9.85. The minimum atomic E-state index is 0.119. The fourth-order valence-electron chi connectivity index (χ4n) is 2.14. The number of piperidine rings is 1. The molecule has 0 unspecified atom stereocenters. The predicted octanol–water partition coefficient (Wildman–Crippen LogP) is 2.38. The van der Waals surface area contributed by atoms with Crippen LogP contribution in [0.15, 0.2) is 24.3 Å². The van der Waals surface area contributed by atoms with E-state index in [0.717, 1.165) is 37.1 Å². The lowest BCUT2D eigenvalue weighted by molar-refractivity contribution is 0.0724. The summed E-state index contributed by atoms with van der Waals surface area (Å²) in [6, 6.07) is 9.47. The van der Waals surface area contributed by atoms with E-state index in [1.165, 1.54) is 6.42 Å². The molecule has 0 bridgehead atoms. The van der Waals surface area contributed by atoms with Crippen molar-refractivity contribution in [2.24, 2.45) is 0 Å². The van der Waals surface area contributed by atoms with Gasteiger partial charge in [0.25, 0.3) is 5.91 Å². The van der Waals surface area contributed by atoms with Gasteiger partial charge in [0, 0.05) is 18.7 Å². The average Bonchev–Trinajstić information content (AvgIpc) is 2.40. The normalized spacial score (nSPS) is 15.4. The number of nitrogens with zero attached hydrogens (tertiary/aromatic N) is 2. The van der Waals surface area contributed by atoms with E-state index in [1.807, 2.05) is 29.2 Å². The van der Waals surface area contributed by atoms with Crippen LogP contribution in [0.4, 0.5) is 0 Å². The SMILES string of the molecule is N#CCc1ccc(C(=O)N2CCCCC2)cc1. The Morgan fingerprint density at radius 3 is 2.41 bits per heavy atom. The molecule has 3 nitrogen and oxygen atoms in total. The molecule has 0 N–H and O–H groups in total. The van der Waals surface area contributed by atoms with E-state index >= 15 is 0 Å². The van der Waals surface area contributed by atoms with Crippen LogP contribution < -0.4 is 0 Å². The smallest absolute Gasteiger partial charge is 0.253 e. The summed E-state index contributed by atoms with van der Waals surface area (Å²) in [7, 11) is 0. The largest absolute Gasteiger partial charge is 0.339 e. The molecule has 88 valence electrons. The maximum absolute atomic E-state index is 12.1. The third-order valence-electron chi connectivity index (χ3n) is 3.13. The van der Waals surface area contributed by atoms with Gasteiger partial charge in [-0.3, -0.25) is 4.79 Å². The van der Waals surface area contributed by atoms with Gasteiger partial charge in [-0.2, -0.15) is 5.26 Å². The molecule has 0 saturated carbocycles. The first-order valence-corrected chi connectivity index (χ1v) is 6.06. The van der Waals surface area contributed by atoms with Gasteiger partial charge in [0.1, 0.15) is 0 Å². The minimum Gasteiger partial charge on any atom is -0.339 e. The molecule has 0 aromatic heterocycles. The highest BCUT2D eigenvalue weighted by atomic mass is 16.2. The Labute approximate surface area is 102 Å². The zero-order valence-corrected chi connectivity index (χ0v) is 9.85. The first kappa shape index (κ1) is 11.7. The van der Waals surface area contributed by atoms with Crippen LogP contribution in [-0.2, 0) is 6.42 Å². The summed E-state index contributed by atoms with van der Waals surface area (Å²) in [6.45, 7) is 1.75. The van der Waals surface area contributed by atoms with Crippen LogP contribution in [0.5, 0.6) is 0 Å². The second-order valence-corrected chi connectivity index (χ2v) is 4.38. The van der Waals surface area contributed by atoms with E-state index in [1.54, 1.807) is 0 Å².